The number of aliphatic carboxylic acids is 1. The van der Waals surface area contributed by atoms with Crippen LogP contribution in [-0.2, 0) is 14.8 Å². The molecule has 0 aliphatic heterocycles. The molecule has 0 aromatic rings. The fourth-order valence-corrected chi connectivity index (χ4v) is 3.82. The van der Waals surface area contributed by atoms with Crippen LogP contribution in [0, 0.1) is 5.92 Å². The van der Waals surface area contributed by atoms with Crippen molar-refractivity contribution >= 4 is 16.0 Å². The SMILES string of the molecule is CC1CCCCC1(CN)NS(=O)(=O)CC(=O)O. The zero-order chi connectivity index (χ0) is 13.1. The molecule has 2 unspecified atom stereocenters. The van der Waals surface area contributed by atoms with Crippen LogP contribution in [0.1, 0.15) is 32.6 Å². The number of nitrogens with one attached hydrogen (secondary N) is 1. The highest BCUT2D eigenvalue weighted by Gasteiger charge is 2.40. The summed E-state index contributed by atoms with van der Waals surface area (Å²) in [6.07, 6.45) is 3.55. The van der Waals surface area contributed by atoms with Crippen LogP contribution in [-0.4, -0.2) is 37.3 Å². The molecule has 0 heterocycles. The molecule has 1 fully saturated rings. The second-order valence-corrected chi connectivity index (χ2v) is 6.48. The van der Waals surface area contributed by atoms with E-state index in [4.69, 9.17) is 10.8 Å². The van der Waals surface area contributed by atoms with Crippen LogP contribution in [0.4, 0.5) is 0 Å². The van der Waals surface area contributed by atoms with Gasteiger partial charge in [0.25, 0.3) is 0 Å². The minimum absolute atomic E-state index is 0.129. The number of hydrogen-bond acceptors (Lipinski definition) is 4. The second-order valence-electron chi connectivity index (χ2n) is 4.76. The average molecular weight is 264 g/mol. The van der Waals surface area contributed by atoms with E-state index in [0.29, 0.717) is 6.42 Å². The molecule has 0 radical (unpaired) electrons. The maximum atomic E-state index is 11.7. The van der Waals surface area contributed by atoms with Gasteiger partial charge in [-0.1, -0.05) is 19.8 Å². The third-order valence-electron chi connectivity index (χ3n) is 3.49. The summed E-state index contributed by atoms with van der Waals surface area (Å²) in [7, 11) is -3.81. The molecule has 7 heteroatoms. The van der Waals surface area contributed by atoms with Crippen LogP contribution in [0.5, 0.6) is 0 Å². The van der Waals surface area contributed by atoms with Gasteiger partial charge in [0.05, 0.1) is 0 Å². The summed E-state index contributed by atoms with van der Waals surface area (Å²) in [4.78, 5) is 10.5. The predicted octanol–water partition coefficient (Wildman–Crippen LogP) is -0.102. The maximum Gasteiger partial charge on any atom is 0.320 e. The highest BCUT2D eigenvalue weighted by molar-refractivity contribution is 7.90. The molecular weight excluding hydrogens is 244 g/mol. The van der Waals surface area contributed by atoms with Gasteiger partial charge >= 0.3 is 5.97 Å². The third-order valence-corrected chi connectivity index (χ3v) is 4.83. The molecule has 6 nitrogen and oxygen atoms in total. The van der Waals surface area contributed by atoms with Gasteiger partial charge in [-0.05, 0) is 18.8 Å². The number of nitrogens with two attached hydrogens (primary N) is 1. The Kier molecular flexibility index (Phi) is 4.51. The Morgan fingerprint density at radius 2 is 2.18 bits per heavy atom. The van der Waals surface area contributed by atoms with Crippen molar-refractivity contribution in [1.82, 2.24) is 4.72 Å². The fraction of sp³-hybridized carbons (Fsp3) is 0.900. The third kappa shape index (κ3) is 3.65. The number of carboxylic acid groups (broad SMARTS) is 1. The minimum Gasteiger partial charge on any atom is -0.480 e. The Hall–Kier alpha value is -0.660. The zero-order valence-electron chi connectivity index (χ0n) is 9.98. The number of hydrogen-bond donors (Lipinski definition) is 3. The summed E-state index contributed by atoms with van der Waals surface area (Å²) in [6.45, 7) is 2.16. The van der Waals surface area contributed by atoms with E-state index in [1.54, 1.807) is 0 Å². The highest BCUT2D eigenvalue weighted by atomic mass is 32.2. The molecule has 1 aliphatic rings. The Morgan fingerprint density at radius 3 is 2.65 bits per heavy atom. The lowest BCUT2D eigenvalue weighted by Gasteiger charge is -2.42. The maximum absolute atomic E-state index is 11.7. The van der Waals surface area contributed by atoms with Crippen molar-refractivity contribution in [3.63, 3.8) is 0 Å². The Bertz CT molecular complexity index is 382. The first-order chi connectivity index (χ1) is 7.81. The van der Waals surface area contributed by atoms with Crippen LogP contribution in [0.3, 0.4) is 0 Å². The molecule has 1 saturated carbocycles. The van der Waals surface area contributed by atoms with Crippen molar-refractivity contribution in [2.24, 2.45) is 11.7 Å². The van der Waals surface area contributed by atoms with Crippen LogP contribution >= 0.6 is 0 Å². The number of carboxylic acids is 1. The van der Waals surface area contributed by atoms with Crippen LogP contribution in [0.2, 0.25) is 0 Å². The normalized spacial score (nSPS) is 30.1. The summed E-state index contributed by atoms with van der Waals surface area (Å²) in [5, 5.41) is 8.55. The summed E-state index contributed by atoms with van der Waals surface area (Å²) in [5.74, 6) is -2.13. The van der Waals surface area contributed by atoms with Crippen LogP contribution < -0.4 is 10.5 Å². The van der Waals surface area contributed by atoms with E-state index in [0.717, 1.165) is 19.3 Å². The summed E-state index contributed by atoms with van der Waals surface area (Å²) >= 11 is 0. The lowest BCUT2D eigenvalue weighted by atomic mass is 9.74. The van der Waals surface area contributed by atoms with Crippen molar-refractivity contribution in [1.29, 1.82) is 0 Å². The first kappa shape index (κ1) is 14.4. The van der Waals surface area contributed by atoms with Crippen LogP contribution in [0.25, 0.3) is 0 Å². The van der Waals surface area contributed by atoms with Crippen molar-refractivity contribution in [3.8, 4) is 0 Å². The van der Waals surface area contributed by atoms with Gasteiger partial charge in [-0.15, -0.1) is 0 Å². The molecule has 0 amide bonds. The number of carbonyl (C=O) groups is 1. The van der Waals surface area contributed by atoms with E-state index in [1.165, 1.54) is 0 Å². The quantitative estimate of drug-likeness (QED) is 0.642. The van der Waals surface area contributed by atoms with Crippen LogP contribution in [0.15, 0.2) is 0 Å². The van der Waals surface area contributed by atoms with Crippen molar-refractivity contribution in [3.05, 3.63) is 0 Å². The molecule has 0 bridgehead atoms. The molecule has 100 valence electrons. The van der Waals surface area contributed by atoms with Gasteiger partial charge in [0, 0.05) is 12.1 Å². The van der Waals surface area contributed by atoms with Crippen molar-refractivity contribution in [2.75, 3.05) is 12.3 Å². The van der Waals surface area contributed by atoms with E-state index >= 15 is 0 Å². The lowest BCUT2D eigenvalue weighted by Crippen LogP contribution is -2.59. The van der Waals surface area contributed by atoms with Crippen molar-refractivity contribution in [2.45, 2.75) is 38.1 Å². The highest BCUT2D eigenvalue weighted by Crippen LogP contribution is 2.33. The second kappa shape index (κ2) is 5.32. The van der Waals surface area contributed by atoms with E-state index in [1.807, 2.05) is 6.92 Å². The fourth-order valence-electron chi connectivity index (χ4n) is 2.42. The van der Waals surface area contributed by atoms with E-state index in [2.05, 4.69) is 4.72 Å². The molecule has 0 aromatic carbocycles. The minimum atomic E-state index is -3.81. The van der Waals surface area contributed by atoms with Gasteiger partial charge < -0.3 is 10.8 Å². The molecule has 17 heavy (non-hydrogen) atoms. The molecule has 0 spiro atoms. The largest absolute Gasteiger partial charge is 0.480 e. The molecule has 2 atom stereocenters. The topological polar surface area (TPSA) is 109 Å². The van der Waals surface area contributed by atoms with E-state index < -0.39 is 27.3 Å². The Morgan fingerprint density at radius 1 is 1.53 bits per heavy atom. The predicted molar refractivity (Wildman–Crippen MR) is 64.0 cm³/mol. The molecule has 1 aliphatic carbocycles. The molecule has 1 rings (SSSR count). The van der Waals surface area contributed by atoms with Gasteiger partial charge in [-0.3, -0.25) is 4.79 Å². The van der Waals surface area contributed by atoms with Gasteiger partial charge in [0.2, 0.25) is 10.0 Å². The standard InChI is InChI=1S/C10H20N2O4S/c1-8-4-2-3-5-10(8,7-11)12-17(15,16)6-9(13)14/h8,12H,2-7,11H2,1H3,(H,13,14). The molecule has 4 N–H and O–H groups in total. The van der Waals surface area contributed by atoms with Crippen molar-refractivity contribution < 1.29 is 18.3 Å². The van der Waals surface area contributed by atoms with Gasteiger partial charge in [-0.25, -0.2) is 13.1 Å². The van der Waals surface area contributed by atoms with E-state index in [9.17, 15) is 13.2 Å². The number of rotatable bonds is 5. The smallest absolute Gasteiger partial charge is 0.320 e. The average Bonchev–Trinajstić information content (AvgIpc) is 2.19. The van der Waals surface area contributed by atoms with Gasteiger partial charge in [-0.2, -0.15) is 0 Å². The summed E-state index contributed by atoms with van der Waals surface area (Å²) in [5.41, 5.74) is 5.02. The van der Waals surface area contributed by atoms with Gasteiger partial charge in [0.1, 0.15) is 0 Å². The lowest BCUT2D eigenvalue weighted by molar-refractivity contribution is -0.134. The molecule has 0 aromatic heterocycles. The summed E-state index contributed by atoms with van der Waals surface area (Å²) in [6, 6.07) is 0. The Labute approximate surface area is 102 Å². The first-order valence-electron chi connectivity index (χ1n) is 5.75. The molecular formula is C10H20N2O4S. The first-order valence-corrected chi connectivity index (χ1v) is 7.40. The molecule has 0 saturated heterocycles. The zero-order valence-corrected chi connectivity index (χ0v) is 10.8. The Balaban J connectivity index is 2.84. The van der Waals surface area contributed by atoms with E-state index in [-0.39, 0.29) is 12.5 Å². The monoisotopic (exact) mass is 264 g/mol. The summed E-state index contributed by atoms with van der Waals surface area (Å²) < 4.78 is 25.8. The number of sulfonamides is 1. The van der Waals surface area contributed by atoms with Gasteiger partial charge in [0.15, 0.2) is 5.75 Å².